The molecule has 0 radical (unpaired) electrons. The molecule has 2 aromatic carbocycles. The van der Waals surface area contributed by atoms with Gasteiger partial charge in [-0.15, -0.1) is 0 Å². The minimum absolute atomic E-state index is 0.0536. The topological polar surface area (TPSA) is 208 Å². The second-order valence-electron chi connectivity index (χ2n) is 8.29. The maximum Gasteiger partial charge on any atom is 0.326 e. The van der Waals surface area contributed by atoms with Crippen molar-refractivity contribution in [3.05, 3.63) is 47.5 Å². The highest BCUT2D eigenvalue weighted by atomic mass is 16.4. The Labute approximate surface area is 195 Å². The maximum absolute atomic E-state index is 12.9. The first-order valence-corrected chi connectivity index (χ1v) is 10.7. The lowest BCUT2D eigenvalue weighted by molar-refractivity contribution is -0.142. The van der Waals surface area contributed by atoms with E-state index in [1.54, 1.807) is 24.3 Å². The molecule has 0 aliphatic carbocycles. The molecule has 0 aromatic heterocycles. The van der Waals surface area contributed by atoms with Crippen LogP contribution in [0.3, 0.4) is 0 Å². The molecule has 0 fully saturated rings. The Morgan fingerprint density at radius 3 is 2.06 bits per heavy atom. The van der Waals surface area contributed by atoms with Crippen molar-refractivity contribution in [1.82, 2.24) is 10.6 Å². The first-order valence-electron chi connectivity index (χ1n) is 10.7. The fourth-order valence-corrected chi connectivity index (χ4v) is 3.76. The van der Waals surface area contributed by atoms with Crippen LogP contribution in [-0.4, -0.2) is 69.0 Å². The number of carboxylic acid groups (broad SMARTS) is 1. The summed E-state index contributed by atoms with van der Waals surface area (Å²) in [5.74, 6) is -3.16. The highest BCUT2D eigenvalue weighted by molar-refractivity contribution is 5.92. The van der Waals surface area contributed by atoms with Crippen LogP contribution in [0.25, 0.3) is 11.1 Å². The largest absolute Gasteiger partial charge is 0.508 e. The molecule has 2 amide bonds. The summed E-state index contributed by atoms with van der Waals surface area (Å²) in [4.78, 5) is 37.5. The smallest absolute Gasteiger partial charge is 0.326 e. The Morgan fingerprint density at radius 1 is 0.971 bits per heavy atom. The summed E-state index contributed by atoms with van der Waals surface area (Å²) in [5.41, 5.74) is 13.4. The highest BCUT2D eigenvalue weighted by Crippen LogP contribution is 2.30. The third-order valence-electron chi connectivity index (χ3n) is 5.72. The SMILES string of the molecule is NC[C@H](O)CC1NC(=O)[C@@H](N)Cc2cc(ccc2O)-c2ccc(O)c(c2)C[C@@H](C(=O)O)NC1=O. The number of fused-ring (bicyclic) bond motifs is 5. The molecule has 1 heterocycles. The summed E-state index contributed by atoms with van der Waals surface area (Å²) in [6.45, 7) is -0.185. The van der Waals surface area contributed by atoms with Crippen LogP contribution >= 0.6 is 0 Å². The molecule has 10 N–H and O–H groups in total. The van der Waals surface area contributed by atoms with Crippen LogP contribution in [0.2, 0.25) is 0 Å². The Kier molecular flexibility index (Phi) is 7.72. The van der Waals surface area contributed by atoms with Gasteiger partial charge in [0.1, 0.15) is 23.6 Å². The van der Waals surface area contributed by atoms with Crippen molar-refractivity contribution in [2.24, 2.45) is 11.5 Å². The number of nitrogens with two attached hydrogens (primary N) is 2. The fraction of sp³-hybridized carbons (Fsp3) is 0.348. The number of carbonyl (C=O) groups is 3. The van der Waals surface area contributed by atoms with E-state index in [9.17, 15) is 34.8 Å². The van der Waals surface area contributed by atoms with Gasteiger partial charge in [0.05, 0.1) is 12.1 Å². The van der Waals surface area contributed by atoms with Crippen molar-refractivity contribution >= 4 is 17.8 Å². The highest BCUT2D eigenvalue weighted by Gasteiger charge is 2.30. The van der Waals surface area contributed by atoms with Crippen LogP contribution < -0.4 is 22.1 Å². The average molecular weight is 472 g/mol. The van der Waals surface area contributed by atoms with Crippen molar-refractivity contribution in [3.8, 4) is 22.6 Å². The molecule has 0 saturated heterocycles. The number of aliphatic carboxylic acids is 1. The van der Waals surface area contributed by atoms with Gasteiger partial charge in [-0.2, -0.15) is 0 Å². The van der Waals surface area contributed by atoms with Crippen molar-refractivity contribution < 1.29 is 34.8 Å². The minimum Gasteiger partial charge on any atom is -0.508 e. The second-order valence-corrected chi connectivity index (χ2v) is 8.29. The van der Waals surface area contributed by atoms with Gasteiger partial charge in [-0.1, -0.05) is 12.1 Å². The first-order chi connectivity index (χ1) is 16.1. The van der Waals surface area contributed by atoms with Crippen LogP contribution in [-0.2, 0) is 27.2 Å². The predicted octanol–water partition coefficient (Wildman–Crippen LogP) is -1.05. The molecule has 11 heteroatoms. The molecule has 1 aliphatic rings. The molecule has 182 valence electrons. The molecule has 0 saturated carbocycles. The summed E-state index contributed by atoms with van der Waals surface area (Å²) >= 11 is 0. The zero-order valence-corrected chi connectivity index (χ0v) is 18.3. The van der Waals surface area contributed by atoms with E-state index in [4.69, 9.17) is 11.5 Å². The lowest BCUT2D eigenvalue weighted by Gasteiger charge is -2.24. The zero-order valence-electron chi connectivity index (χ0n) is 18.3. The van der Waals surface area contributed by atoms with Crippen LogP contribution in [0.1, 0.15) is 17.5 Å². The molecule has 2 aromatic rings. The summed E-state index contributed by atoms with van der Waals surface area (Å²) in [7, 11) is 0. The lowest BCUT2D eigenvalue weighted by Crippen LogP contribution is -2.56. The Bertz CT molecular complexity index is 1090. The molecule has 11 nitrogen and oxygen atoms in total. The van der Waals surface area contributed by atoms with E-state index >= 15 is 0 Å². The predicted molar refractivity (Wildman–Crippen MR) is 122 cm³/mol. The monoisotopic (exact) mass is 472 g/mol. The summed E-state index contributed by atoms with van der Waals surface area (Å²) in [6, 6.07) is 5.46. The molecular weight excluding hydrogens is 444 g/mol. The van der Waals surface area contributed by atoms with Gasteiger partial charge < -0.3 is 42.5 Å². The molecule has 1 aliphatic heterocycles. The van der Waals surface area contributed by atoms with Gasteiger partial charge in [0.2, 0.25) is 11.8 Å². The number of aliphatic hydroxyl groups excluding tert-OH is 1. The van der Waals surface area contributed by atoms with Gasteiger partial charge in [-0.05, 0) is 46.5 Å². The molecule has 4 bridgehead atoms. The van der Waals surface area contributed by atoms with E-state index in [1.807, 2.05) is 0 Å². The van der Waals surface area contributed by atoms with Gasteiger partial charge in [0.25, 0.3) is 0 Å². The quantitative estimate of drug-likeness (QED) is 0.273. The van der Waals surface area contributed by atoms with Gasteiger partial charge in [-0.25, -0.2) is 4.79 Å². The standard InChI is InChI=1S/C23H28N4O7/c24-10-15(28)9-17-22(32)27-18(23(33)34)8-14-6-12(2-4-20(14)30)11-1-3-19(29)13(5-11)7-16(25)21(31)26-17/h1-6,15-18,28-30H,7-10,24-25H2,(H,26,31)(H,27,32)(H,33,34)/t15-,16+,17?,18+/m1/s1. The molecular formula is C23H28N4O7. The Balaban J connectivity index is 2.09. The number of phenols is 2. The van der Waals surface area contributed by atoms with Gasteiger partial charge in [-0.3, -0.25) is 9.59 Å². The van der Waals surface area contributed by atoms with E-state index in [-0.39, 0.29) is 42.9 Å². The number of carboxylic acids is 1. The number of hydrogen-bond donors (Lipinski definition) is 8. The lowest BCUT2D eigenvalue weighted by atomic mass is 9.95. The number of phenolic OH excluding ortho intramolecular Hbond substituents is 2. The number of hydrogen-bond acceptors (Lipinski definition) is 8. The fourth-order valence-electron chi connectivity index (χ4n) is 3.76. The van der Waals surface area contributed by atoms with Crippen molar-refractivity contribution in [3.63, 3.8) is 0 Å². The first kappa shape index (κ1) is 25.0. The van der Waals surface area contributed by atoms with Crippen LogP contribution in [0.5, 0.6) is 11.5 Å². The summed E-state index contributed by atoms with van der Waals surface area (Å²) < 4.78 is 0. The second kappa shape index (κ2) is 10.5. The van der Waals surface area contributed by atoms with Crippen molar-refractivity contribution in [1.29, 1.82) is 0 Å². The molecule has 3 rings (SSSR count). The number of carbonyl (C=O) groups excluding carboxylic acids is 2. The van der Waals surface area contributed by atoms with Crippen molar-refractivity contribution in [2.45, 2.75) is 43.5 Å². The Morgan fingerprint density at radius 2 is 1.53 bits per heavy atom. The number of nitrogens with one attached hydrogen (secondary N) is 2. The number of aromatic hydroxyl groups is 2. The van der Waals surface area contributed by atoms with E-state index in [0.29, 0.717) is 16.7 Å². The molecule has 0 spiro atoms. The third kappa shape index (κ3) is 5.81. The van der Waals surface area contributed by atoms with Gasteiger partial charge >= 0.3 is 5.97 Å². The molecule has 4 atom stereocenters. The van der Waals surface area contributed by atoms with Gasteiger partial charge in [0, 0.05) is 25.8 Å². The van der Waals surface area contributed by atoms with Crippen LogP contribution in [0.15, 0.2) is 36.4 Å². The van der Waals surface area contributed by atoms with Crippen molar-refractivity contribution in [2.75, 3.05) is 6.54 Å². The van der Waals surface area contributed by atoms with E-state index in [2.05, 4.69) is 10.6 Å². The maximum atomic E-state index is 12.9. The average Bonchev–Trinajstić information content (AvgIpc) is 2.79. The number of amides is 2. The number of aliphatic hydroxyl groups is 1. The van der Waals surface area contributed by atoms with Gasteiger partial charge in [0.15, 0.2) is 0 Å². The van der Waals surface area contributed by atoms with Crippen LogP contribution in [0.4, 0.5) is 0 Å². The minimum atomic E-state index is -1.43. The number of rotatable bonds is 4. The molecule has 34 heavy (non-hydrogen) atoms. The third-order valence-corrected chi connectivity index (χ3v) is 5.72. The van der Waals surface area contributed by atoms with E-state index < -0.39 is 42.0 Å². The van der Waals surface area contributed by atoms with E-state index in [1.165, 1.54) is 12.1 Å². The van der Waals surface area contributed by atoms with E-state index in [0.717, 1.165) is 0 Å². The number of benzene rings is 2. The molecule has 1 unspecified atom stereocenters. The van der Waals surface area contributed by atoms with Crippen LogP contribution in [0, 0.1) is 0 Å². The normalized spacial score (nSPS) is 22.0. The summed E-state index contributed by atoms with van der Waals surface area (Å²) in [6.07, 6.45) is -1.71. The summed E-state index contributed by atoms with van der Waals surface area (Å²) in [5, 5.41) is 45.0. The Hall–Kier alpha value is -3.67. The zero-order chi connectivity index (χ0) is 25.0.